The third-order valence-electron chi connectivity index (χ3n) is 5.13. The lowest BCUT2D eigenvalue weighted by Crippen LogP contribution is -2.31. The molecule has 0 spiro atoms. The number of hydrogen-bond acceptors (Lipinski definition) is 5. The summed E-state index contributed by atoms with van der Waals surface area (Å²) in [6.45, 7) is 7.87. The zero-order chi connectivity index (χ0) is 20.9. The molecule has 0 aliphatic carbocycles. The van der Waals surface area contributed by atoms with Gasteiger partial charge in [-0.25, -0.2) is 9.97 Å². The monoisotopic (exact) mass is 423 g/mol. The molecule has 1 aliphatic rings. The third kappa shape index (κ3) is 4.74. The lowest BCUT2D eigenvalue weighted by molar-refractivity contribution is 0.241. The number of rotatable bonds is 7. The first-order valence-corrected chi connectivity index (χ1v) is 10.8. The van der Waals surface area contributed by atoms with Crippen molar-refractivity contribution in [2.45, 2.75) is 33.4 Å². The zero-order valence-corrected chi connectivity index (χ0v) is 18.2. The molecule has 30 heavy (non-hydrogen) atoms. The summed E-state index contributed by atoms with van der Waals surface area (Å²) in [5, 5.41) is 0.717. The highest BCUT2D eigenvalue weighted by Gasteiger charge is 2.19. The van der Waals surface area contributed by atoms with Gasteiger partial charge in [0, 0.05) is 48.4 Å². The van der Waals surface area contributed by atoms with Crippen LogP contribution in [0.4, 0.5) is 0 Å². The Labute approximate surface area is 182 Å². The first-order chi connectivity index (χ1) is 14.7. The molecule has 0 radical (unpaired) electrons. The molecular formula is C24H26ClN3O2. The lowest BCUT2D eigenvalue weighted by atomic mass is 10.1. The van der Waals surface area contributed by atoms with Crippen molar-refractivity contribution in [3.05, 3.63) is 70.5 Å². The lowest BCUT2D eigenvalue weighted by Gasteiger charge is -2.28. The molecule has 0 amide bonds. The molecule has 0 N–H and O–H groups in total. The van der Waals surface area contributed by atoms with Crippen molar-refractivity contribution in [1.29, 1.82) is 0 Å². The van der Waals surface area contributed by atoms with Gasteiger partial charge in [0.05, 0.1) is 18.9 Å². The minimum Gasteiger partial charge on any atom is -0.490 e. The van der Waals surface area contributed by atoms with Crippen LogP contribution in [0.3, 0.4) is 0 Å². The Morgan fingerprint density at radius 1 is 1.00 bits per heavy atom. The van der Waals surface area contributed by atoms with E-state index in [9.17, 15) is 0 Å². The molecule has 0 unspecified atom stereocenters. The van der Waals surface area contributed by atoms with Crippen LogP contribution in [0.2, 0.25) is 5.02 Å². The van der Waals surface area contributed by atoms with Crippen molar-refractivity contribution in [2.75, 3.05) is 19.8 Å². The van der Waals surface area contributed by atoms with Crippen molar-refractivity contribution < 1.29 is 9.47 Å². The molecule has 1 aromatic heterocycles. The fraction of sp³-hybridized carbons (Fsp3) is 0.333. The van der Waals surface area contributed by atoms with Gasteiger partial charge in [0.15, 0.2) is 17.3 Å². The van der Waals surface area contributed by atoms with Gasteiger partial charge in [0.25, 0.3) is 0 Å². The molecule has 5 nitrogen and oxygen atoms in total. The fourth-order valence-electron chi connectivity index (χ4n) is 3.70. The second kappa shape index (κ2) is 9.45. The number of fused-ring (bicyclic) bond motifs is 1. The SMILES string of the molecule is CCOc1ccc(CN2CCc3nc(-c4ccc(Cl)cc4)ncc3C2)cc1OCC. The van der Waals surface area contributed by atoms with Crippen molar-refractivity contribution in [3.63, 3.8) is 0 Å². The molecule has 2 aromatic carbocycles. The number of aromatic nitrogens is 2. The smallest absolute Gasteiger partial charge is 0.161 e. The fourth-order valence-corrected chi connectivity index (χ4v) is 3.83. The van der Waals surface area contributed by atoms with Crippen LogP contribution in [-0.4, -0.2) is 34.6 Å². The Hall–Kier alpha value is -2.63. The molecular weight excluding hydrogens is 398 g/mol. The van der Waals surface area contributed by atoms with Crippen molar-refractivity contribution >= 4 is 11.6 Å². The van der Waals surface area contributed by atoms with Gasteiger partial charge in [0.2, 0.25) is 0 Å². The summed E-state index contributed by atoms with van der Waals surface area (Å²) in [6, 6.07) is 13.9. The van der Waals surface area contributed by atoms with E-state index in [1.807, 2.05) is 50.4 Å². The Balaban J connectivity index is 1.47. The quantitative estimate of drug-likeness (QED) is 0.525. The number of benzene rings is 2. The second-order valence-corrected chi connectivity index (χ2v) is 7.72. The summed E-state index contributed by atoms with van der Waals surface area (Å²) in [4.78, 5) is 11.8. The summed E-state index contributed by atoms with van der Waals surface area (Å²) in [6.07, 6.45) is 2.87. The first kappa shape index (κ1) is 20.6. The third-order valence-corrected chi connectivity index (χ3v) is 5.38. The number of ether oxygens (including phenoxy) is 2. The molecule has 0 atom stereocenters. The average molecular weight is 424 g/mol. The largest absolute Gasteiger partial charge is 0.490 e. The van der Waals surface area contributed by atoms with Crippen LogP contribution in [0.15, 0.2) is 48.7 Å². The second-order valence-electron chi connectivity index (χ2n) is 7.28. The van der Waals surface area contributed by atoms with Crippen LogP contribution >= 0.6 is 11.6 Å². The summed E-state index contributed by atoms with van der Waals surface area (Å²) in [5.41, 5.74) is 4.52. The van der Waals surface area contributed by atoms with Gasteiger partial charge in [-0.15, -0.1) is 0 Å². The Morgan fingerprint density at radius 2 is 1.77 bits per heavy atom. The molecule has 156 valence electrons. The van der Waals surface area contributed by atoms with Gasteiger partial charge in [-0.05, 0) is 55.8 Å². The van der Waals surface area contributed by atoms with Gasteiger partial charge in [-0.3, -0.25) is 4.90 Å². The maximum Gasteiger partial charge on any atom is 0.161 e. The molecule has 0 saturated heterocycles. The number of hydrogen-bond donors (Lipinski definition) is 0. The van der Waals surface area contributed by atoms with E-state index < -0.39 is 0 Å². The van der Waals surface area contributed by atoms with E-state index in [0.717, 1.165) is 54.6 Å². The predicted octanol–water partition coefficient (Wildman–Crippen LogP) is 5.15. The van der Waals surface area contributed by atoms with Crippen LogP contribution in [0, 0.1) is 0 Å². The van der Waals surface area contributed by atoms with Gasteiger partial charge in [-0.1, -0.05) is 17.7 Å². The highest BCUT2D eigenvalue weighted by Crippen LogP contribution is 2.30. The first-order valence-electron chi connectivity index (χ1n) is 10.4. The van der Waals surface area contributed by atoms with Crippen molar-refractivity contribution in [3.8, 4) is 22.9 Å². The van der Waals surface area contributed by atoms with Crippen LogP contribution in [0.25, 0.3) is 11.4 Å². The average Bonchev–Trinajstić information content (AvgIpc) is 2.76. The number of nitrogens with zero attached hydrogens (tertiary/aromatic N) is 3. The van der Waals surface area contributed by atoms with Gasteiger partial charge < -0.3 is 9.47 Å². The molecule has 6 heteroatoms. The normalized spacial score (nSPS) is 13.7. The Kier molecular flexibility index (Phi) is 6.50. The molecule has 0 bridgehead atoms. The van der Waals surface area contributed by atoms with Crippen molar-refractivity contribution in [1.82, 2.24) is 14.9 Å². The molecule has 3 aromatic rings. The molecule has 0 fully saturated rings. The van der Waals surface area contributed by atoms with E-state index >= 15 is 0 Å². The predicted molar refractivity (Wildman–Crippen MR) is 119 cm³/mol. The molecule has 1 aliphatic heterocycles. The maximum atomic E-state index is 5.99. The van der Waals surface area contributed by atoms with Crippen LogP contribution in [0.5, 0.6) is 11.5 Å². The van der Waals surface area contributed by atoms with Gasteiger partial charge >= 0.3 is 0 Å². The topological polar surface area (TPSA) is 47.5 Å². The summed E-state index contributed by atoms with van der Waals surface area (Å²) in [5.74, 6) is 2.37. The van der Waals surface area contributed by atoms with E-state index in [0.29, 0.717) is 18.2 Å². The Bertz CT molecular complexity index is 1010. The highest BCUT2D eigenvalue weighted by molar-refractivity contribution is 6.30. The van der Waals surface area contributed by atoms with Crippen molar-refractivity contribution in [2.24, 2.45) is 0 Å². The summed E-state index contributed by atoms with van der Waals surface area (Å²) < 4.78 is 11.4. The van der Waals surface area contributed by atoms with E-state index in [4.69, 9.17) is 26.1 Å². The van der Waals surface area contributed by atoms with Crippen LogP contribution < -0.4 is 9.47 Å². The minimum atomic E-state index is 0.619. The standard InChI is InChI=1S/C24H26ClN3O2/c1-3-29-22-10-5-17(13-23(22)30-4-2)15-28-12-11-21-19(16-28)14-26-24(27-21)18-6-8-20(25)9-7-18/h5-10,13-14H,3-4,11-12,15-16H2,1-2H3. The number of halogens is 1. The Morgan fingerprint density at radius 3 is 2.53 bits per heavy atom. The minimum absolute atomic E-state index is 0.619. The highest BCUT2D eigenvalue weighted by atomic mass is 35.5. The van der Waals surface area contributed by atoms with E-state index in [1.165, 1.54) is 11.1 Å². The van der Waals surface area contributed by atoms with E-state index in [-0.39, 0.29) is 0 Å². The van der Waals surface area contributed by atoms with Gasteiger partial charge in [0.1, 0.15) is 0 Å². The molecule has 4 rings (SSSR count). The zero-order valence-electron chi connectivity index (χ0n) is 17.4. The van der Waals surface area contributed by atoms with Crippen LogP contribution in [-0.2, 0) is 19.5 Å². The summed E-state index contributed by atoms with van der Waals surface area (Å²) in [7, 11) is 0. The molecule has 2 heterocycles. The van der Waals surface area contributed by atoms with E-state index in [1.54, 1.807) is 0 Å². The van der Waals surface area contributed by atoms with Gasteiger partial charge in [-0.2, -0.15) is 0 Å². The maximum absolute atomic E-state index is 5.99. The van der Waals surface area contributed by atoms with Crippen LogP contribution in [0.1, 0.15) is 30.7 Å². The molecule has 0 saturated carbocycles. The summed E-state index contributed by atoms with van der Waals surface area (Å²) >= 11 is 5.99. The van der Waals surface area contributed by atoms with E-state index in [2.05, 4.69) is 22.0 Å².